The van der Waals surface area contributed by atoms with Gasteiger partial charge >= 0.3 is 0 Å². The van der Waals surface area contributed by atoms with Crippen LogP contribution in [0, 0.1) is 34.4 Å². The molecule has 0 saturated carbocycles. The van der Waals surface area contributed by atoms with Gasteiger partial charge in [0, 0.05) is 40.7 Å². The number of alkyl halides is 1. The van der Waals surface area contributed by atoms with E-state index < -0.39 is 47.2 Å². The number of carbonyl (C=O) groups excluding carboxylic acids is 1. The van der Waals surface area contributed by atoms with Crippen molar-refractivity contribution in [2.75, 3.05) is 19.4 Å². The van der Waals surface area contributed by atoms with Crippen LogP contribution in [0.3, 0.4) is 0 Å². The first kappa shape index (κ1) is 31.2. The third-order valence-corrected chi connectivity index (χ3v) is 8.37. The minimum absolute atomic E-state index is 0.0316. The Balaban J connectivity index is 1.84. The van der Waals surface area contributed by atoms with Gasteiger partial charge in [-0.1, -0.05) is 74.3 Å². The number of anilines is 1. The van der Waals surface area contributed by atoms with Crippen molar-refractivity contribution >= 4 is 34.8 Å². The number of nitrogens with zero attached hydrogens (tertiary/aromatic N) is 2. The number of rotatable bonds is 7. The van der Waals surface area contributed by atoms with Crippen LogP contribution < -0.4 is 10.6 Å². The second-order valence-electron chi connectivity index (χ2n) is 12.4. The Morgan fingerprint density at radius 1 is 1.17 bits per heavy atom. The zero-order valence-electron chi connectivity index (χ0n) is 23.9. The van der Waals surface area contributed by atoms with Crippen molar-refractivity contribution in [2.45, 2.75) is 57.4 Å². The Bertz CT molecular complexity index is 1380. The molecule has 4 rings (SSSR count). The van der Waals surface area contributed by atoms with E-state index in [1.54, 1.807) is 12.2 Å². The van der Waals surface area contributed by atoms with Crippen LogP contribution in [0.1, 0.15) is 38.3 Å². The number of allylic oxidation sites excluding steroid dienone is 4. The topological polar surface area (TPSA) is 68.2 Å². The maximum atomic E-state index is 15.9. The minimum atomic E-state index is -1.68. The van der Waals surface area contributed by atoms with Crippen LogP contribution in [0.15, 0.2) is 65.7 Å². The molecule has 1 aliphatic heterocycles. The Labute approximate surface area is 251 Å². The Morgan fingerprint density at radius 2 is 1.85 bits per heavy atom. The van der Waals surface area contributed by atoms with E-state index in [1.165, 1.54) is 18.2 Å². The molecular weight excluding hydrogens is 565 g/mol. The van der Waals surface area contributed by atoms with Crippen LogP contribution in [0.25, 0.3) is 0 Å². The lowest BCUT2D eigenvalue weighted by Gasteiger charge is -2.41. The van der Waals surface area contributed by atoms with Crippen LogP contribution in [-0.2, 0) is 16.8 Å². The number of carbonyl (C=O) groups is 1. The fourth-order valence-electron chi connectivity index (χ4n) is 6.18. The van der Waals surface area contributed by atoms with Crippen LogP contribution >= 0.6 is 23.2 Å². The summed E-state index contributed by atoms with van der Waals surface area (Å²) in [6.45, 7) is 6.76. The van der Waals surface area contributed by atoms with Gasteiger partial charge in [0.15, 0.2) is 0 Å². The van der Waals surface area contributed by atoms with Gasteiger partial charge < -0.3 is 15.5 Å². The largest absolute Gasteiger partial charge is 0.325 e. The van der Waals surface area contributed by atoms with Gasteiger partial charge in [-0.3, -0.25) is 4.79 Å². The summed E-state index contributed by atoms with van der Waals surface area (Å²) in [4.78, 5) is 16.0. The zero-order chi connectivity index (χ0) is 30.1. The van der Waals surface area contributed by atoms with Gasteiger partial charge in [0.2, 0.25) is 5.91 Å². The number of benzene rings is 2. The van der Waals surface area contributed by atoms with Crippen molar-refractivity contribution in [3.8, 4) is 6.07 Å². The fraction of sp³-hybridized carbons (Fsp3) is 0.438. The highest BCUT2D eigenvalue weighted by Gasteiger charge is 2.63. The minimum Gasteiger partial charge on any atom is -0.325 e. The summed E-state index contributed by atoms with van der Waals surface area (Å²) in [5, 5.41) is 17.4. The molecule has 0 radical (unpaired) electrons. The van der Waals surface area contributed by atoms with Gasteiger partial charge in [-0.05, 0) is 61.8 Å². The Hall–Kier alpha value is -2.76. The van der Waals surface area contributed by atoms with Crippen molar-refractivity contribution in [3.63, 3.8) is 0 Å². The van der Waals surface area contributed by atoms with Crippen molar-refractivity contribution < 1.29 is 13.6 Å². The molecule has 1 saturated heterocycles. The molecule has 1 amide bonds. The van der Waals surface area contributed by atoms with Gasteiger partial charge in [0.05, 0.1) is 17.1 Å². The average Bonchev–Trinajstić information content (AvgIpc) is 3.19. The van der Waals surface area contributed by atoms with Gasteiger partial charge in [-0.25, -0.2) is 8.78 Å². The second-order valence-corrected chi connectivity index (χ2v) is 13.3. The number of halogens is 4. The fourth-order valence-corrected chi connectivity index (χ4v) is 6.56. The number of hydrogen-bond donors (Lipinski definition) is 2. The molecule has 0 aromatic heterocycles. The monoisotopic (exact) mass is 600 g/mol. The summed E-state index contributed by atoms with van der Waals surface area (Å²) < 4.78 is 31.6. The predicted molar refractivity (Wildman–Crippen MR) is 161 cm³/mol. The molecule has 5 nitrogen and oxygen atoms in total. The molecule has 0 spiro atoms. The normalized spacial score (nSPS) is 27.9. The number of nitriles is 1. The first-order valence-electron chi connectivity index (χ1n) is 13.6. The van der Waals surface area contributed by atoms with E-state index in [0.29, 0.717) is 12.1 Å². The predicted octanol–water partition coefficient (Wildman–Crippen LogP) is 6.98. The van der Waals surface area contributed by atoms with E-state index >= 15 is 8.78 Å². The molecule has 2 N–H and O–H groups in total. The van der Waals surface area contributed by atoms with E-state index in [1.807, 2.05) is 64.0 Å². The third kappa shape index (κ3) is 6.52. The summed E-state index contributed by atoms with van der Waals surface area (Å²) in [7, 11) is 3.94. The highest BCUT2D eigenvalue weighted by atomic mass is 35.5. The SMILES string of the molecule is CN(C)Cc1ccc(NC(=O)C2N[C@H](CC(C)(C)C)[C@@](C#N)(c3ccc(Cl)cc3F)[C@@H]2C2C=CC=C(Cl)C2F)cc1. The standard InChI is InChI=1S/C32H36Cl2F2N4O/c1-31(2,3)16-26-32(18-37,23-14-11-20(33)15-25(23)35)27(22-7-6-8-24(34)28(22)36)29(39-26)30(41)38-21-12-9-19(10-13-21)17-40(4)5/h6-15,22,26-29,39H,16-17H2,1-5H3,(H,38,41)/t22?,26-,27-,28?,29?,32-/m1/s1. The molecule has 6 atom stereocenters. The third-order valence-electron chi connectivity index (χ3n) is 7.80. The van der Waals surface area contributed by atoms with Gasteiger partial charge in [-0.15, -0.1) is 0 Å². The van der Waals surface area contributed by atoms with Crippen LogP contribution in [0.5, 0.6) is 0 Å². The first-order valence-corrected chi connectivity index (χ1v) is 14.4. The lowest BCUT2D eigenvalue weighted by molar-refractivity contribution is -0.119. The van der Waals surface area contributed by atoms with E-state index in [4.69, 9.17) is 23.2 Å². The van der Waals surface area contributed by atoms with E-state index in [0.717, 1.165) is 18.2 Å². The lowest BCUT2D eigenvalue weighted by atomic mass is 9.60. The maximum Gasteiger partial charge on any atom is 0.241 e. The van der Waals surface area contributed by atoms with Crippen LogP contribution in [0.2, 0.25) is 5.02 Å². The smallest absolute Gasteiger partial charge is 0.241 e. The Kier molecular flexibility index (Phi) is 9.30. The molecule has 1 fully saturated rings. The highest BCUT2D eigenvalue weighted by Crippen LogP contribution is 2.52. The quantitative estimate of drug-likeness (QED) is 0.360. The molecule has 3 unspecified atom stereocenters. The Morgan fingerprint density at radius 3 is 2.44 bits per heavy atom. The molecule has 1 heterocycles. The average molecular weight is 602 g/mol. The molecule has 0 bridgehead atoms. The van der Waals surface area contributed by atoms with Crippen LogP contribution in [-0.4, -0.2) is 43.2 Å². The van der Waals surface area contributed by atoms with E-state index in [9.17, 15) is 10.1 Å². The molecule has 218 valence electrons. The van der Waals surface area contributed by atoms with Crippen molar-refractivity contribution in [3.05, 3.63) is 87.7 Å². The number of nitrogens with one attached hydrogen (secondary N) is 2. The maximum absolute atomic E-state index is 15.9. The summed E-state index contributed by atoms with van der Waals surface area (Å²) in [5.41, 5.74) is -0.216. The number of amides is 1. The molecule has 9 heteroatoms. The second kappa shape index (κ2) is 12.2. The zero-order valence-corrected chi connectivity index (χ0v) is 25.4. The molecular formula is C32H36Cl2F2N4O. The summed E-state index contributed by atoms with van der Waals surface area (Å²) >= 11 is 12.4. The van der Waals surface area contributed by atoms with Crippen molar-refractivity contribution in [2.24, 2.45) is 17.3 Å². The summed E-state index contributed by atoms with van der Waals surface area (Å²) in [5.74, 6) is -3.10. The van der Waals surface area contributed by atoms with Crippen LogP contribution in [0.4, 0.5) is 14.5 Å². The van der Waals surface area contributed by atoms with Crippen molar-refractivity contribution in [1.82, 2.24) is 10.2 Å². The van der Waals surface area contributed by atoms with E-state index in [2.05, 4.69) is 16.7 Å². The number of hydrogen-bond acceptors (Lipinski definition) is 4. The first-order chi connectivity index (χ1) is 19.3. The van der Waals surface area contributed by atoms with E-state index in [-0.39, 0.29) is 21.0 Å². The molecule has 2 aromatic rings. The van der Waals surface area contributed by atoms with Gasteiger partial charge in [0.25, 0.3) is 0 Å². The molecule has 41 heavy (non-hydrogen) atoms. The molecule has 2 aromatic carbocycles. The summed E-state index contributed by atoms with van der Waals surface area (Å²) in [6.07, 6.45) is 3.45. The molecule has 1 aliphatic carbocycles. The van der Waals surface area contributed by atoms with Gasteiger partial charge in [-0.2, -0.15) is 5.26 Å². The molecule has 2 aliphatic rings. The summed E-state index contributed by atoms with van der Waals surface area (Å²) in [6, 6.07) is 12.3. The highest BCUT2D eigenvalue weighted by molar-refractivity contribution is 6.30. The van der Waals surface area contributed by atoms with Gasteiger partial charge in [0.1, 0.15) is 17.4 Å². The van der Waals surface area contributed by atoms with Crippen molar-refractivity contribution in [1.29, 1.82) is 5.26 Å². The lowest BCUT2D eigenvalue weighted by Crippen LogP contribution is -2.49.